The third kappa shape index (κ3) is 5.44. The van der Waals surface area contributed by atoms with Crippen molar-refractivity contribution in [2.45, 2.75) is 20.8 Å². The summed E-state index contributed by atoms with van der Waals surface area (Å²) < 4.78 is 5.44. The molecule has 144 valence electrons. The van der Waals surface area contributed by atoms with Crippen LogP contribution < -0.4 is 20.7 Å². The fourth-order valence-corrected chi connectivity index (χ4v) is 2.54. The molecule has 0 saturated carbocycles. The van der Waals surface area contributed by atoms with Crippen LogP contribution in [0.4, 0.5) is 27.7 Å². The summed E-state index contributed by atoms with van der Waals surface area (Å²) in [6.45, 7) is 6.26. The number of nitrogens with one attached hydrogen (secondary N) is 3. The first kappa shape index (κ1) is 19.2. The lowest BCUT2D eigenvalue weighted by molar-refractivity contribution is 0.262. The number of anilines is 4. The van der Waals surface area contributed by atoms with E-state index in [-0.39, 0.29) is 6.03 Å². The van der Waals surface area contributed by atoms with Gasteiger partial charge in [-0.1, -0.05) is 17.7 Å². The van der Waals surface area contributed by atoms with Crippen molar-refractivity contribution in [2.75, 3.05) is 22.6 Å². The van der Waals surface area contributed by atoms with Crippen LogP contribution in [-0.2, 0) is 0 Å². The number of carbonyl (C=O) groups excluding carboxylic acids is 1. The zero-order valence-electron chi connectivity index (χ0n) is 16.1. The number of urea groups is 1. The highest BCUT2D eigenvalue weighted by atomic mass is 16.5. The monoisotopic (exact) mass is 377 g/mol. The Morgan fingerprint density at radius 2 is 1.46 bits per heavy atom. The maximum absolute atomic E-state index is 12.1. The second-order valence-corrected chi connectivity index (χ2v) is 6.22. The van der Waals surface area contributed by atoms with Crippen molar-refractivity contribution < 1.29 is 9.53 Å². The lowest BCUT2D eigenvalue weighted by Gasteiger charge is -2.11. The van der Waals surface area contributed by atoms with Crippen molar-refractivity contribution in [3.63, 3.8) is 0 Å². The molecule has 0 fully saturated rings. The van der Waals surface area contributed by atoms with Gasteiger partial charge in [0.15, 0.2) is 0 Å². The SMILES string of the molecule is CCOc1cc(Nc2ccc(NC(=O)Nc3ccc(C)cc3)cc2)nc(C)n1. The highest BCUT2D eigenvalue weighted by Gasteiger charge is 2.05. The highest BCUT2D eigenvalue weighted by molar-refractivity contribution is 5.99. The number of benzene rings is 2. The molecule has 0 atom stereocenters. The van der Waals surface area contributed by atoms with E-state index < -0.39 is 0 Å². The van der Waals surface area contributed by atoms with Crippen molar-refractivity contribution in [2.24, 2.45) is 0 Å². The molecule has 0 saturated heterocycles. The average Bonchev–Trinajstić information content (AvgIpc) is 2.65. The Bertz CT molecular complexity index is 940. The number of nitrogens with zero attached hydrogens (tertiary/aromatic N) is 2. The molecule has 0 radical (unpaired) electrons. The van der Waals surface area contributed by atoms with E-state index in [1.54, 1.807) is 6.07 Å². The van der Waals surface area contributed by atoms with E-state index in [1.807, 2.05) is 69.3 Å². The molecule has 0 aliphatic rings. The predicted molar refractivity (Wildman–Crippen MR) is 111 cm³/mol. The molecule has 3 aromatic rings. The standard InChI is InChI=1S/C21H23N5O2/c1-4-28-20-13-19(22-15(3)23-20)24-16-9-11-18(12-10-16)26-21(27)25-17-7-5-14(2)6-8-17/h5-13H,4H2,1-3H3,(H,22,23,24)(H2,25,26,27). The number of hydrogen-bond acceptors (Lipinski definition) is 5. The Hall–Kier alpha value is -3.61. The van der Waals surface area contributed by atoms with Crippen LogP contribution >= 0.6 is 0 Å². The summed E-state index contributed by atoms with van der Waals surface area (Å²) in [7, 11) is 0. The summed E-state index contributed by atoms with van der Waals surface area (Å²) in [5.41, 5.74) is 3.40. The molecule has 1 aromatic heterocycles. The second-order valence-electron chi connectivity index (χ2n) is 6.22. The Labute approximate surface area is 164 Å². The molecule has 0 aliphatic carbocycles. The first-order valence-electron chi connectivity index (χ1n) is 9.02. The number of aryl methyl sites for hydroxylation is 2. The molecule has 0 aliphatic heterocycles. The minimum atomic E-state index is -0.294. The lowest BCUT2D eigenvalue weighted by Crippen LogP contribution is -2.19. The van der Waals surface area contributed by atoms with Crippen LogP contribution in [-0.4, -0.2) is 22.6 Å². The summed E-state index contributed by atoms with van der Waals surface area (Å²) in [5.74, 6) is 1.80. The third-order valence-corrected chi connectivity index (χ3v) is 3.83. The molecule has 0 unspecified atom stereocenters. The molecule has 2 aromatic carbocycles. The van der Waals surface area contributed by atoms with Gasteiger partial charge in [-0.3, -0.25) is 0 Å². The van der Waals surface area contributed by atoms with E-state index in [1.165, 1.54) is 0 Å². The van der Waals surface area contributed by atoms with E-state index in [9.17, 15) is 4.79 Å². The van der Waals surface area contributed by atoms with E-state index in [2.05, 4.69) is 25.9 Å². The van der Waals surface area contributed by atoms with Gasteiger partial charge >= 0.3 is 6.03 Å². The fourth-order valence-electron chi connectivity index (χ4n) is 2.54. The molecule has 0 bridgehead atoms. The fraction of sp³-hybridized carbons (Fsp3) is 0.190. The minimum absolute atomic E-state index is 0.294. The summed E-state index contributed by atoms with van der Waals surface area (Å²) in [6, 6.07) is 16.4. The number of aromatic nitrogens is 2. The molecule has 28 heavy (non-hydrogen) atoms. The van der Waals surface area contributed by atoms with E-state index >= 15 is 0 Å². The van der Waals surface area contributed by atoms with Crippen LogP contribution in [0, 0.1) is 13.8 Å². The van der Waals surface area contributed by atoms with Gasteiger partial charge < -0.3 is 20.7 Å². The highest BCUT2D eigenvalue weighted by Crippen LogP contribution is 2.20. The van der Waals surface area contributed by atoms with Crippen LogP contribution in [0.1, 0.15) is 18.3 Å². The molecule has 7 nitrogen and oxygen atoms in total. The van der Waals surface area contributed by atoms with Crippen LogP contribution in [0.5, 0.6) is 5.88 Å². The average molecular weight is 377 g/mol. The number of ether oxygens (including phenoxy) is 1. The van der Waals surface area contributed by atoms with Crippen LogP contribution in [0.25, 0.3) is 0 Å². The van der Waals surface area contributed by atoms with Crippen molar-refractivity contribution in [1.29, 1.82) is 0 Å². The van der Waals surface area contributed by atoms with Gasteiger partial charge in [-0.25, -0.2) is 9.78 Å². The first-order valence-corrected chi connectivity index (χ1v) is 9.02. The summed E-state index contributed by atoms with van der Waals surface area (Å²) in [4.78, 5) is 20.7. The van der Waals surface area contributed by atoms with Gasteiger partial charge in [-0.05, 0) is 57.2 Å². The smallest absolute Gasteiger partial charge is 0.323 e. The number of hydrogen-bond donors (Lipinski definition) is 3. The van der Waals surface area contributed by atoms with E-state index in [0.29, 0.717) is 29.8 Å². The molecule has 3 rings (SSSR count). The van der Waals surface area contributed by atoms with Crippen LogP contribution in [0.2, 0.25) is 0 Å². The van der Waals surface area contributed by atoms with Gasteiger partial charge in [0.1, 0.15) is 11.6 Å². The Kier molecular flexibility index (Phi) is 6.06. The number of carbonyl (C=O) groups is 1. The second kappa shape index (κ2) is 8.85. The maximum Gasteiger partial charge on any atom is 0.323 e. The number of rotatable bonds is 6. The summed E-state index contributed by atoms with van der Waals surface area (Å²) >= 11 is 0. The molecular weight excluding hydrogens is 354 g/mol. The Morgan fingerprint density at radius 1 is 0.893 bits per heavy atom. The zero-order valence-corrected chi connectivity index (χ0v) is 16.1. The number of amides is 2. The largest absolute Gasteiger partial charge is 0.478 e. The Morgan fingerprint density at radius 3 is 2.07 bits per heavy atom. The molecule has 0 spiro atoms. The van der Waals surface area contributed by atoms with Crippen molar-refractivity contribution in [3.8, 4) is 5.88 Å². The Balaban J connectivity index is 1.60. The molecule has 1 heterocycles. The molecule has 3 N–H and O–H groups in total. The van der Waals surface area contributed by atoms with Gasteiger partial charge in [0.2, 0.25) is 5.88 Å². The summed E-state index contributed by atoms with van der Waals surface area (Å²) in [5, 5.41) is 8.82. The van der Waals surface area contributed by atoms with Crippen molar-refractivity contribution in [3.05, 3.63) is 66.0 Å². The van der Waals surface area contributed by atoms with Gasteiger partial charge in [0, 0.05) is 23.1 Å². The van der Waals surface area contributed by atoms with E-state index in [0.717, 1.165) is 16.9 Å². The molecule has 7 heteroatoms. The quantitative estimate of drug-likeness (QED) is 0.570. The zero-order chi connectivity index (χ0) is 19.9. The van der Waals surface area contributed by atoms with Gasteiger partial charge in [-0.2, -0.15) is 4.98 Å². The molecular formula is C21H23N5O2. The predicted octanol–water partition coefficient (Wildman–Crippen LogP) is 4.88. The molecule has 2 amide bonds. The topological polar surface area (TPSA) is 88.2 Å². The summed E-state index contributed by atoms with van der Waals surface area (Å²) in [6.07, 6.45) is 0. The van der Waals surface area contributed by atoms with Gasteiger partial charge in [-0.15, -0.1) is 0 Å². The minimum Gasteiger partial charge on any atom is -0.478 e. The first-order chi connectivity index (χ1) is 13.5. The van der Waals surface area contributed by atoms with Gasteiger partial charge in [0.05, 0.1) is 6.61 Å². The van der Waals surface area contributed by atoms with Crippen LogP contribution in [0.3, 0.4) is 0 Å². The van der Waals surface area contributed by atoms with E-state index in [4.69, 9.17) is 4.74 Å². The maximum atomic E-state index is 12.1. The lowest BCUT2D eigenvalue weighted by atomic mass is 10.2. The van der Waals surface area contributed by atoms with Gasteiger partial charge in [0.25, 0.3) is 0 Å². The van der Waals surface area contributed by atoms with Crippen molar-refractivity contribution >= 4 is 28.9 Å². The third-order valence-electron chi connectivity index (χ3n) is 3.83. The normalized spacial score (nSPS) is 10.2. The van der Waals surface area contributed by atoms with Crippen molar-refractivity contribution in [1.82, 2.24) is 9.97 Å². The van der Waals surface area contributed by atoms with Crippen LogP contribution in [0.15, 0.2) is 54.6 Å².